The van der Waals surface area contributed by atoms with Crippen LogP contribution in [0.2, 0.25) is 0 Å². The van der Waals surface area contributed by atoms with Crippen molar-refractivity contribution in [1.29, 1.82) is 0 Å². The predicted octanol–water partition coefficient (Wildman–Crippen LogP) is 4.25. The van der Waals surface area contributed by atoms with Crippen LogP contribution in [-0.4, -0.2) is 35.8 Å². The summed E-state index contributed by atoms with van der Waals surface area (Å²) in [6, 6.07) is 20.3. The Morgan fingerprint density at radius 3 is 2.23 bits per heavy atom. The Morgan fingerprint density at radius 1 is 0.829 bits per heavy atom. The van der Waals surface area contributed by atoms with Crippen molar-refractivity contribution in [2.24, 2.45) is 0 Å². The van der Waals surface area contributed by atoms with Crippen molar-refractivity contribution in [3.05, 3.63) is 95.3 Å². The fourth-order valence-electron chi connectivity index (χ4n) is 3.78. The molecule has 0 saturated heterocycles. The van der Waals surface area contributed by atoms with E-state index < -0.39 is 11.8 Å². The number of carbonyl (C=O) groups is 2. The van der Waals surface area contributed by atoms with Gasteiger partial charge in [0.05, 0.1) is 19.9 Å². The third kappa shape index (κ3) is 5.01. The van der Waals surface area contributed by atoms with Gasteiger partial charge in [-0.1, -0.05) is 42.0 Å². The summed E-state index contributed by atoms with van der Waals surface area (Å²) < 4.78 is 12.4. The minimum Gasteiger partial charge on any atom is -0.493 e. The lowest BCUT2D eigenvalue weighted by Gasteiger charge is -2.11. The van der Waals surface area contributed by atoms with Gasteiger partial charge in [0.25, 0.3) is 11.8 Å². The van der Waals surface area contributed by atoms with Crippen molar-refractivity contribution in [2.45, 2.75) is 13.8 Å². The van der Waals surface area contributed by atoms with Crippen LogP contribution in [0.25, 0.3) is 16.8 Å². The number of hydrazine groups is 1. The molecule has 178 valence electrons. The van der Waals surface area contributed by atoms with Gasteiger partial charge in [-0.25, -0.2) is 4.68 Å². The zero-order chi connectivity index (χ0) is 24.9. The summed E-state index contributed by atoms with van der Waals surface area (Å²) in [6.45, 7) is 3.80. The van der Waals surface area contributed by atoms with Crippen LogP contribution in [0.1, 0.15) is 32.0 Å². The number of amides is 2. The van der Waals surface area contributed by atoms with Gasteiger partial charge in [-0.15, -0.1) is 0 Å². The van der Waals surface area contributed by atoms with Crippen LogP contribution in [0.5, 0.6) is 11.5 Å². The Hall–Kier alpha value is -4.59. The largest absolute Gasteiger partial charge is 0.493 e. The number of nitrogens with zero attached hydrogens (tertiary/aromatic N) is 2. The molecule has 0 radical (unpaired) electrons. The topological polar surface area (TPSA) is 94.5 Å². The molecular weight excluding hydrogens is 444 g/mol. The van der Waals surface area contributed by atoms with Crippen LogP contribution < -0.4 is 20.3 Å². The first-order valence-corrected chi connectivity index (χ1v) is 11.0. The molecule has 4 aromatic rings. The van der Waals surface area contributed by atoms with E-state index in [4.69, 9.17) is 9.47 Å². The van der Waals surface area contributed by atoms with Crippen LogP contribution in [0.15, 0.2) is 72.9 Å². The second-order valence-corrected chi connectivity index (χ2v) is 7.97. The van der Waals surface area contributed by atoms with Gasteiger partial charge >= 0.3 is 0 Å². The molecule has 4 rings (SSSR count). The lowest BCUT2D eigenvalue weighted by Crippen LogP contribution is -2.42. The first-order valence-electron chi connectivity index (χ1n) is 11.0. The summed E-state index contributed by atoms with van der Waals surface area (Å²) in [5, 5.41) is 4.52. The van der Waals surface area contributed by atoms with Crippen molar-refractivity contribution < 1.29 is 19.1 Å². The third-order valence-electron chi connectivity index (χ3n) is 5.56. The molecule has 8 nitrogen and oxygen atoms in total. The number of rotatable bonds is 6. The molecule has 0 aliphatic carbocycles. The minimum absolute atomic E-state index is 0.141. The smallest absolute Gasteiger partial charge is 0.290 e. The molecule has 0 saturated carbocycles. The van der Waals surface area contributed by atoms with E-state index in [1.165, 1.54) is 0 Å². The van der Waals surface area contributed by atoms with Gasteiger partial charge in [-0.05, 0) is 55.3 Å². The minimum atomic E-state index is -0.553. The molecule has 0 fully saturated rings. The Labute approximate surface area is 203 Å². The van der Waals surface area contributed by atoms with Gasteiger partial charge < -0.3 is 9.47 Å². The molecule has 8 heteroatoms. The van der Waals surface area contributed by atoms with Gasteiger partial charge in [-0.2, -0.15) is 5.10 Å². The normalized spacial score (nSPS) is 10.5. The molecule has 1 aromatic heterocycles. The molecule has 0 bridgehead atoms. The van der Waals surface area contributed by atoms with Crippen molar-refractivity contribution in [3.63, 3.8) is 0 Å². The van der Waals surface area contributed by atoms with Gasteiger partial charge in [0, 0.05) is 17.3 Å². The zero-order valence-electron chi connectivity index (χ0n) is 20.0. The summed E-state index contributed by atoms with van der Waals surface area (Å²) in [5.74, 6) is 0.124. The first-order chi connectivity index (χ1) is 16.9. The monoisotopic (exact) mass is 470 g/mol. The quantitative estimate of drug-likeness (QED) is 0.411. The molecule has 35 heavy (non-hydrogen) atoms. The number of methoxy groups -OCH3 is 2. The van der Waals surface area contributed by atoms with Crippen LogP contribution in [0.4, 0.5) is 0 Å². The number of carbonyl (C=O) groups excluding carboxylic acids is 2. The summed E-state index contributed by atoms with van der Waals surface area (Å²) in [7, 11) is 3.10. The summed E-state index contributed by atoms with van der Waals surface area (Å²) >= 11 is 0. The SMILES string of the molecule is COc1ccc(-c2cn(-c3ccccc3)nc2C(=O)NNC(=O)c2ccc(C)cc2C)cc1OC. The lowest BCUT2D eigenvalue weighted by atomic mass is 10.1. The van der Waals surface area contributed by atoms with E-state index in [0.29, 0.717) is 28.2 Å². The highest BCUT2D eigenvalue weighted by atomic mass is 16.5. The van der Waals surface area contributed by atoms with Crippen molar-refractivity contribution in [3.8, 4) is 28.3 Å². The molecule has 2 N–H and O–H groups in total. The Bertz CT molecular complexity index is 1380. The van der Waals surface area contributed by atoms with Gasteiger partial charge in [0.15, 0.2) is 17.2 Å². The standard InChI is InChI=1S/C27H26N4O4/c1-17-10-12-21(18(2)14-17)26(32)28-29-27(33)25-22(16-31(30-25)20-8-6-5-7-9-20)19-11-13-23(34-3)24(15-19)35-4/h5-16H,1-4H3,(H,28,32)(H,29,33). The number of para-hydroxylation sites is 1. The van der Waals surface area contributed by atoms with Crippen molar-refractivity contribution >= 4 is 11.8 Å². The number of aromatic nitrogens is 2. The molecule has 0 unspecified atom stereocenters. The van der Waals surface area contributed by atoms with E-state index in [2.05, 4.69) is 16.0 Å². The second-order valence-electron chi connectivity index (χ2n) is 7.97. The van der Waals surface area contributed by atoms with E-state index in [1.54, 1.807) is 43.3 Å². The highest BCUT2D eigenvalue weighted by molar-refractivity contribution is 6.02. The van der Waals surface area contributed by atoms with Crippen LogP contribution in [0, 0.1) is 13.8 Å². The summed E-state index contributed by atoms with van der Waals surface area (Å²) in [5.41, 5.74) is 9.52. The molecule has 1 heterocycles. The number of aryl methyl sites for hydroxylation is 2. The maximum absolute atomic E-state index is 13.2. The molecule has 0 aliphatic heterocycles. The number of hydrogen-bond acceptors (Lipinski definition) is 5. The zero-order valence-corrected chi connectivity index (χ0v) is 20.0. The van der Waals surface area contributed by atoms with Crippen LogP contribution >= 0.6 is 0 Å². The van der Waals surface area contributed by atoms with E-state index >= 15 is 0 Å². The third-order valence-corrected chi connectivity index (χ3v) is 5.56. The maximum atomic E-state index is 13.2. The molecule has 2 amide bonds. The van der Waals surface area contributed by atoms with E-state index in [0.717, 1.165) is 16.8 Å². The highest BCUT2D eigenvalue weighted by Crippen LogP contribution is 2.34. The average molecular weight is 471 g/mol. The van der Waals surface area contributed by atoms with Gasteiger partial charge in [-0.3, -0.25) is 20.4 Å². The average Bonchev–Trinajstić information content (AvgIpc) is 3.33. The molecule has 0 atom stereocenters. The van der Waals surface area contributed by atoms with E-state index in [-0.39, 0.29) is 5.69 Å². The number of hydrogen-bond donors (Lipinski definition) is 2. The maximum Gasteiger partial charge on any atom is 0.290 e. The Morgan fingerprint density at radius 2 is 1.54 bits per heavy atom. The molecule has 0 aliphatic rings. The van der Waals surface area contributed by atoms with Gasteiger partial charge in [0.1, 0.15) is 0 Å². The summed E-state index contributed by atoms with van der Waals surface area (Å²) in [6.07, 6.45) is 1.76. The molecule has 0 spiro atoms. The van der Waals surface area contributed by atoms with E-state index in [9.17, 15) is 9.59 Å². The predicted molar refractivity (Wildman–Crippen MR) is 133 cm³/mol. The van der Waals surface area contributed by atoms with Crippen molar-refractivity contribution in [1.82, 2.24) is 20.6 Å². The Kier molecular flexibility index (Phi) is 6.82. The Balaban J connectivity index is 1.67. The number of benzene rings is 3. The van der Waals surface area contributed by atoms with Crippen LogP contribution in [0.3, 0.4) is 0 Å². The number of ether oxygens (including phenoxy) is 2. The summed E-state index contributed by atoms with van der Waals surface area (Å²) in [4.78, 5) is 25.8. The molecular formula is C27H26N4O4. The first kappa shape index (κ1) is 23.6. The lowest BCUT2D eigenvalue weighted by molar-refractivity contribution is 0.0843. The highest BCUT2D eigenvalue weighted by Gasteiger charge is 2.21. The fourth-order valence-corrected chi connectivity index (χ4v) is 3.78. The second kappa shape index (κ2) is 10.1. The van der Waals surface area contributed by atoms with Gasteiger partial charge in [0.2, 0.25) is 0 Å². The number of nitrogens with one attached hydrogen (secondary N) is 2. The van der Waals surface area contributed by atoms with Crippen LogP contribution in [-0.2, 0) is 0 Å². The fraction of sp³-hybridized carbons (Fsp3) is 0.148. The van der Waals surface area contributed by atoms with E-state index in [1.807, 2.05) is 62.4 Å². The van der Waals surface area contributed by atoms with Crippen molar-refractivity contribution in [2.75, 3.05) is 14.2 Å². The molecule has 3 aromatic carbocycles.